The topological polar surface area (TPSA) is 23.5 Å². The molecule has 0 aliphatic carbocycles. The number of phenols is 1. The fourth-order valence-corrected chi connectivity index (χ4v) is 3.45. The highest BCUT2D eigenvalue weighted by Gasteiger charge is 2.18. The van der Waals surface area contributed by atoms with Gasteiger partial charge in [0, 0.05) is 35.1 Å². The summed E-state index contributed by atoms with van der Waals surface area (Å²) in [6.07, 6.45) is 1.11. The molecule has 4 heteroatoms. The molecule has 0 saturated heterocycles. The van der Waals surface area contributed by atoms with Gasteiger partial charge in [0.15, 0.2) is 0 Å². The number of halogens is 1. The lowest BCUT2D eigenvalue weighted by atomic mass is 10.1. The first-order valence-corrected chi connectivity index (χ1v) is 7.23. The summed E-state index contributed by atoms with van der Waals surface area (Å²) >= 11 is 7.81. The van der Waals surface area contributed by atoms with Crippen LogP contribution in [0.3, 0.4) is 0 Å². The van der Waals surface area contributed by atoms with Crippen LogP contribution in [0.1, 0.15) is 16.0 Å². The quantitative estimate of drug-likeness (QED) is 0.907. The number of fused-ring (bicyclic) bond motifs is 1. The fraction of sp³-hybridized carbons (Fsp3) is 0.286. The summed E-state index contributed by atoms with van der Waals surface area (Å²) in [4.78, 5) is 3.85. The second-order valence-corrected chi connectivity index (χ2v) is 6.04. The van der Waals surface area contributed by atoms with Crippen LogP contribution in [0, 0.1) is 0 Å². The van der Waals surface area contributed by atoms with Gasteiger partial charge in [-0.3, -0.25) is 4.90 Å². The minimum Gasteiger partial charge on any atom is -0.508 e. The summed E-state index contributed by atoms with van der Waals surface area (Å²) in [6, 6.07) is 7.43. The van der Waals surface area contributed by atoms with Crippen LogP contribution in [0.2, 0.25) is 5.02 Å². The monoisotopic (exact) mass is 279 g/mol. The van der Waals surface area contributed by atoms with Gasteiger partial charge in [-0.15, -0.1) is 11.3 Å². The predicted molar refractivity (Wildman–Crippen MR) is 75.3 cm³/mol. The van der Waals surface area contributed by atoms with E-state index in [1.54, 1.807) is 12.1 Å². The van der Waals surface area contributed by atoms with E-state index in [0.717, 1.165) is 31.6 Å². The van der Waals surface area contributed by atoms with Crippen molar-refractivity contribution in [3.8, 4) is 5.75 Å². The van der Waals surface area contributed by atoms with Gasteiger partial charge < -0.3 is 5.11 Å². The van der Waals surface area contributed by atoms with Crippen LogP contribution in [0.5, 0.6) is 5.75 Å². The molecule has 0 amide bonds. The number of hydrogen-bond donors (Lipinski definition) is 1. The highest BCUT2D eigenvalue weighted by Crippen LogP contribution is 2.28. The second kappa shape index (κ2) is 4.92. The zero-order valence-electron chi connectivity index (χ0n) is 9.90. The third kappa shape index (κ3) is 2.39. The number of rotatable bonds is 2. The first-order valence-electron chi connectivity index (χ1n) is 5.97. The molecule has 2 nitrogen and oxygen atoms in total. The summed E-state index contributed by atoms with van der Waals surface area (Å²) in [5, 5.41) is 12.7. The fourth-order valence-electron chi connectivity index (χ4n) is 2.36. The van der Waals surface area contributed by atoms with Crippen molar-refractivity contribution in [2.45, 2.75) is 19.5 Å². The number of nitrogens with zero attached hydrogens (tertiary/aromatic N) is 1. The largest absolute Gasteiger partial charge is 0.508 e. The van der Waals surface area contributed by atoms with Crippen molar-refractivity contribution in [3.05, 3.63) is 50.7 Å². The van der Waals surface area contributed by atoms with Crippen LogP contribution in [-0.2, 0) is 19.5 Å². The zero-order valence-corrected chi connectivity index (χ0v) is 11.5. The van der Waals surface area contributed by atoms with Crippen molar-refractivity contribution in [1.29, 1.82) is 0 Å². The van der Waals surface area contributed by atoms with E-state index < -0.39 is 0 Å². The van der Waals surface area contributed by atoms with Gasteiger partial charge in [0.05, 0.1) is 0 Å². The average molecular weight is 280 g/mol. The Hall–Kier alpha value is -1.03. The Morgan fingerprint density at radius 2 is 2.22 bits per heavy atom. The van der Waals surface area contributed by atoms with Gasteiger partial charge in [0.25, 0.3) is 0 Å². The minimum absolute atomic E-state index is 0.329. The Labute approximate surface area is 115 Å². The molecule has 1 aromatic heterocycles. The Morgan fingerprint density at radius 3 is 3.11 bits per heavy atom. The summed E-state index contributed by atoms with van der Waals surface area (Å²) in [5.74, 6) is 0.329. The first kappa shape index (κ1) is 12.0. The molecular formula is C14H14ClNOS. The second-order valence-electron chi connectivity index (χ2n) is 4.60. The molecule has 2 heterocycles. The zero-order chi connectivity index (χ0) is 12.5. The third-order valence-electron chi connectivity index (χ3n) is 3.32. The van der Waals surface area contributed by atoms with Gasteiger partial charge in [-0.25, -0.2) is 0 Å². The highest BCUT2D eigenvalue weighted by atomic mass is 35.5. The van der Waals surface area contributed by atoms with Crippen molar-refractivity contribution < 1.29 is 5.11 Å². The maximum atomic E-state index is 9.84. The van der Waals surface area contributed by atoms with Crippen LogP contribution in [0.4, 0.5) is 0 Å². The van der Waals surface area contributed by atoms with Gasteiger partial charge in [-0.1, -0.05) is 11.6 Å². The van der Waals surface area contributed by atoms with E-state index in [9.17, 15) is 5.11 Å². The Balaban J connectivity index is 1.76. The predicted octanol–water partition coefficient (Wildman–Crippen LogP) is 3.67. The van der Waals surface area contributed by atoms with Crippen LogP contribution in [0.15, 0.2) is 29.6 Å². The third-order valence-corrected chi connectivity index (χ3v) is 4.58. The smallest absolute Gasteiger partial charge is 0.120 e. The maximum Gasteiger partial charge on any atom is 0.120 e. The minimum atomic E-state index is 0.329. The molecule has 0 radical (unpaired) electrons. The maximum absolute atomic E-state index is 9.84. The SMILES string of the molecule is Oc1ccc(Cl)cc1CN1CCc2sccc2C1. The van der Waals surface area contributed by atoms with Crippen molar-refractivity contribution in [1.82, 2.24) is 4.90 Å². The average Bonchev–Trinajstić information content (AvgIpc) is 2.81. The van der Waals surface area contributed by atoms with E-state index in [4.69, 9.17) is 11.6 Å². The summed E-state index contributed by atoms with van der Waals surface area (Å²) in [6.45, 7) is 2.76. The van der Waals surface area contributed by atoms with E-state index in [1.165, 1.54) is 10.4 Å². The van der Waals surface area contributed by atoms with Crippen molar-refractivity contribution in [2.24, 2.45) is 0 Å². The van der Waals surface area contributed by atoms with Crippen molar-refractivity contribution in [2.75, 3.05) is 6.54 Å². The Morgan fingerprint density at radius 1 is 1.33 bits per heavy atom. The van der Waals surface area contributed by atoms with Gasteiger partial charge in [-0.05, 0) is 41.6 Å². The Bertz CT molecular complexity index is 567. The molecule has 0 fully saturated rings. The van der Waals surface area contributed by atoms with Crippen LogP contribution < -0.4 is 0 Å². The lowest BCUT2D eigenvalue weighted by Crippen LogP contribution is -2.29. The van der Waals surface area contributed by atoms with Gasteiger partial charge in [-0.2, -0.15) is 0 Å². The molecule has 1 N–H and O–H groups in total. The van der Waals surface area contributed by atoms with E-state index >= 15 is 0 Å². The van der Waals surface area contributed by atoms with Crippen molar-refractivity contribution >= 4 is 22.9 Å². The van der Waals surface area contributed by atoms with Gasteiger partial charge in [0.2, 0.25) is 0 Å². The molecule has 0 unspecified atom stereocenters. The summed E-state index contributed by atoms with van der Waals surface area (Å²) < 4.78 is 0. The van der Waals surface area contributed by atoms with E-state index in [2.05, 4.69) is 16.3 Å². The van der Waals surface area contributed by atoms with Crippen molar-refractivity contribution in [3.63, 3.8) is 0 Å². The van der Waals surface area contributed by atoms with Gasteiger partial charge >= 0.3 is 0 Å². The molecule has 3 rings (SSSR count). The van der Waals surface area contributed by atoms with E-state index in [-0.39, 0.29) is 0 Å². The number of benzene rings is 1. The molecule has 2 aromatic rings. The number of phenolic OH excluding ortho intramolecular Hbond substituents is 1. The molecule has 1 aliphatic rings. The summed E-state index contributed by atoms with van der Waals surface area (Å²) in [7, 11) is 0. The molecule has 0 spiro atoms. The van der Waals surface area contributed by atoms with Crippen LogP contribution >= 0.6 is 22.9 Å². The molecular weight excluding hydrogens is 266 g/mol. The van der Waals surface area contributed by atoms with Crippen LogP contribution in [0.25, 0.3) is 0 Å². The normalized spacial score (nSPS) is 15.6. The number of thiophene rings is 1. The molecule has 18 heavy (non-hydrogen) atoms. The van der Waals surface area contributed by atoms with E-state index in [1.807, 2.05) is 17.4 Å². The number of aromatic hydroxyl groups is 1. The van der Waals surface area contributed by atoms with Crippen LogP contribution in [-0.4, -0.2) is 16.6 Å². The highest BCUT2D eigenvalue weighted by molar-refractivity contribution is 7.10. The first-order chi connectivity index (χ1) is 8.72. The molecule has 1 aromatic carbocycles. The Kier molecular flexibility index (Phi) is 3.29. The molecule has 94 valence electrons. The number of hydrogen-bond acceptors (Lipinski definition) is 3. The molecule has 0 bridgehead atoms. The van der Waals surface area contributed by atoms with E-state index in [0.29, 0.717) is 10.8 Å². The summed E-state index contributed by atoms with van der Waals surface area (Å²) in [5.41, 5.74) is 2.33. The standard InChI is InChI=1S/C14H14ClNOS/c15-12-1-2-13(17)11(7-12)9-16-5-3-14-10(8-16)4-6-18-14/h1-2,4,6-7,17H,3,5,8-9H2. The van der Waals surface area contributed by atoms with Gasteiger partial charge in [0.1, 0.15) is 5.75 Å². The molecule has 0 atom stereocenters. The molecule has 0 saturated carbocycles. The lowest BCUT2D eigenvalue weighted by Gasteiger charge is -2.27. The lowest BCUT2D eigenvalue weighted by molar-refractivity contribution is 0.244. The molecule has 1 aliphatic heterocycles.